The second-order valence-corrected chi connectivity index (χ2v) is 5.54. The smallest absolute Gasteiger partial charge is 0.183 e. The first-order valence-corrected chi connectivity index (χ1v) is 6.95. The molecule has 4 heteroatoms. The van der Waals surface area contributed by atoms with Crippen molar-refractivity contribution >= 4 is 27.2 Å². The number of benzene rings is 2. The third-order valence-electron chi connectivity index (χ3n) is 3.12. The van der Waals surface area contributed by atoms with Crippen LogP contribution in [-0.2, 0) is 6.42 Å². The fraction of sp³-hybridized carbons (Fsp3) is 0.0625. The van der Waals surface area contributed by atoms with Crippen molar-refractivity contribution in [2.75, 3.05) is 0 Å². The lowest BCUT2D eigenvalue weighted by Gasteiger charge is -2.01. The Bertz CT molecular complexity index is 778. The van der Waals surface area contributed by atoms with Gasteiger partial charge in [0.2, 0.25) is 0 Å². The molecule has 1 heterocycles. The van der Waals surface area contributed by atoms with E-state index in [1.165, 1.54) is 12.1 Å². The van der Waals surface area contributed by atoms with E-state index in [1.54, 1.807) is 6.07 Å². The molecule has 0 aliphatic heterocycles. The van der Waals surface area contributed by atoms with Crippen molar-refractivity contribution in [2.24, 2.45) is 0 Å². The normalized spacial score (nSPS) is 10.8. The summed E-state index contributed by atoms with van der Waals surface area (Å²) in [4.78, 5) is 12.3. The van der Waals surface area contributed by atoms with Crippen LogP contribution in [0.3, 0.4) is 0 Å². The van der Waals surface area contributed by atoms with Gasteiger partial charge in [-0.1, -0.05) is 41.7 Å². The van der Waals surface area contributed by atoms with Gasteiger partial charge in [0.15, 0.2) is 10.8 Å². The third kappa shape index (κ3) is 2.30. The topological polar surface area (TPSA) is 37.3 Å². The van der Waals surface area contributed by atoms with Crippen molar-refractivity contribution in [2.45, 2.75) is 6.42 Å². The van der Waals surface area contributed by atoms with E-state index in [-0.39, 0.29) is 28.6 Å². The van der Waals surface area contributed by atoms with Crippen LogP contribution >= 0.6 is 11.3 Å². The predicted molar refractivity (Wildman–Crippen MR) is 77.9 cm³/mol. The molecule has 0 saturated carbocycles. The summed E-state index contributed by atoms with van der Waals surface area (Å²) in [6.45, 7) is 0. The van der Waals surface area contributed by atoms with E-state index in [9.17, 15) is 14.3 Å². The van der Waals surface area contributed by atoms with Gasteiger partial charge in [-0.2, -0.15) is 0 Å². The van der Waals surface area contributed by atoms with Crippen LogP contribution in [0.25, 0.3) is 10.1 Å². The maximum Gasteiger partial charge on any atom is 0.183 e. The van der Waals surface area contributed by atoms with Crippen molar-refractivity contribution < 1.29 is 14.3 Å². The van der Waals surface area contributed by atoms with Crippen molar-refractivity contribution in [3.63, 3.8) is 0 Å². The number of hydrogen-bond acceptors (Lipinski definition) is 3. The number of thiophene rings is 1. The quantitative estimate of drug-likeness (QED) is 0.734. The van der Waals surface area contributed by atoms with Crippen LogP contribution in [0, 0.1) is 5.82 Å². The average Bonchev–Trinajstić information content (AvgIpc) is 2.74. The molecule has 2 nitrogen and oxygen atoms in total. The van der Waals surface area contributed by atoms with E-state index < -0.39 is 0 Å². The molecular weight excluding hydrogens is 275 g/mol. The zero-order valence-corrected chi connectivity index (χ0v) is 11.3. The van der Waals surface area contributed by atoms with E-state index in [1.807, 2.05) is 30.3 Å². The van der Waals surface area contributed by atoms with Crippen LogP contribution in [0.2, 0.25) is 0 Å². The predicted octanol–water partition coefficient (Wildman–Crippen LogP) is 4.17. The van der Waals surface area contributed by atoms with E-state index >= 15 is 0 Å². The summed E-state index contributed by atoms with van der Waals surface area (Å²) >= 11 is 1.03. The van der Waals surface area contributed by atoms with Gasteiger partial charge in [0.25, 0.3) is 0 Å². The third-order valence-corrected chi connectivity index (χ3v) is 4.07. The van der Waals surface area contributed by atoms with Gasteiger partial charge in [-0.15, -0.1) is 0 Å². The highest BCUT2D eigenvalue weighted by Gasteiger charge is 2.19. The molecule has 0 radical (unpaired) electrons. The van der Waals surface area contributed by atoms with Gasteiger partial charge in [-0.3, -0.25) is 4.79 Å². The molecule has 0 aliphatic carbocycles. The Balaban J connectivity index is 2.01. The van der Waals surface area contributed by atoms with Gasteiger partial charge in [-0.25, -0.2) is 4.39 Å². The summed E-state index contributed by atoms with van der Waals surface area (Å²) in [6, 6.07) is 13.5. The number of ketones is 1. The summed E-state index contributed by atoms with van der Waals surface area (Å²) < 4.78 is 13.7. The molecule has 0 aliphatic rings. The number of Topliss-reactive ketones (excluding diaryl/α,β-unsaturated/α-hetero) is 1. The maximum atomic E-state index is 13.2. The molecule has 2 aromatic carbocycles. The number of carbonyl (C=O) groups is 1. The highest BCUT2D eigenvalue weighted by atomic mass is 32.1. The van der Waals surface area contributed by atoms with Gasteiger partial charge in [0.05, 0.1) is 5.56 Å². The number of carbonyl (C=O) groups excluding carboxylic acids is 1. The Hall–Kier alpha value is -2.20. The van der Waals surface area contributed by atoms with Gasteiger partial charge in [0.1, 0.15) is 5.82 Å². The molecule has 0 spiro atoms. The standard InChI is InChI=1S/C16H11FO2S/c17-11-6-7-12-14(9-11)20-16(19)15(12)13(18)8-10-4-2-1-3-5-10/h1-7,9,19H,8H2. The molecule has 0 bridgehead atoms. The molecule has 1 aromatic heterocycles. The van der Waals surface area contributed by atoms with E-state index in [2.05, 4.69) is 0 Å². The minimum absolute atomic E-state index is 0.0495. The van der Waals surface area contributed by atoms with Crippen LogP contribution in [-0.4, -0.2) is 10.9 Å². The van der Waals surface area contributed by atoms with Crippen molar-refractivity contribution in [1.29, 1.82) is 0 Å². The molecule has 100 valence electrons. The Morgan fingerprint density at radius 2 is 1.90 bits per heavy atom. The van der Waals surface area contributed by atoms with Crippen molar-refractivity contribution in [3.05, 3.63) is 65.5 Å². The summed E-state index contributed by atoms with van der Waals surface area (Å²) in [5.74, 6) is -0.535. The molecular formula is C16H11FO2S. The first-order chi connectivity index (χ1) is 9.65. The fourth-order valence-electron chi connectivity index (χ4n) is 2.20. The zero-order valence-electron chi connectivity index (χ0n) is 10.5. The van der Waals surface area contributed by atoms with Crippen LogP contribution < -0.4 is 0 Å². The highest BCUT2D eigenvalue weighted by molar-refractivity contribution is 7.21. The van der Waals surface area contributed by atoms with Gasteiger partial charge in [0, 0.05) is 16.5 Å². The van der Waals surface area contributed by atoms with Crippen molar-refractivity contribution in [1.82, 2.24) is 0 Å². The molecule has 20 heavy (non-hydrogen) atoms. The summed E-state index contributed by atoms with van der Waals surface area (Å²) in [5, 5.41) is 10.5. The zero-order chi connectivity index (χ0) is 14.1. The largest absolute Gasteiger partial charge is 0.499 e. The molecule has 3 aromatic rings. The molecule has 0 unspecified atom stereocenters. The van der Waals surface area contributed by atoms with Crippen LogP contribution in [0.4, 0.5) is 4.39 Å². The van der Waals surface area contributed by atoms with Gasteiger partial charge >= 0.3 is 0 Å². The van der Waals surface area contributed by atoms with E-state index in [0.717, 1.165) is 16.9 Å². The van der Waals surface area contributed by atoms with E-state index in [0.29, 0.717) is 10.1 Å². The van der Waals surface area contributed by atoms with Crippen LogP contribution in [0.5, 0.6) is 5.06 Å². The Morgan fingerprint density at radius 3 is 2.65 bits per heavy atom. The first-order valence-electron chi connectivity index (χ1n) is 6.13. The molecule has 0 atom stereocenters. The molecule has 0 saturated heterocycles. The lowest BCUT2D eigenvalue weighted by atomic mass is 10.0. The SMILES string of the molecule is O=C(Cc1ccccc1)c1c(O)sc2cc(F)ccc12. The highest BCUT2D eigenvalue weighted by Crippen LogP contribution is 2.37. The summed E-state index contributed by atoms with van der Waals surface area (Å²) in [5.41, 5.74) is 1.17. The molecule has 0 amide bonds. The van der Waals surface area contributed by atoms with Gasteiger partial charge < -0.3 is 5.11 Å². The molecule has 3 rings (SSSR count). The Labute approximate surface area is 119 Å². The minimum Gasteiger partial charge on any atom is -0.499 e. The fourth-order valence-corrected chi connectivity index (χ4v) is 3.18. The molecule has 0 fully saturated rings. The second-order valence-electron chi connectivity index (χ2n) is 4.51. The summed E-state index contributed by atoms with van der Waals surface area (Å²) in [6.07, 6.45) is 0.220. The monoisotopic (exact) mass is 286 g/mol. The average molecular weight is 286 g/mol. The number of fused-ring (bicyclic) bond motifs is 1. The van der Waals surface area contributed by atoms with Crippen LogP contribution in [0.1, 0.15) is 15.9 Å². The summed E-state index contributed by atoms with van der Waals surface area (Å²) in [7, 11) is 0. The molecule has 1 N–H and O–H groups in total. The number of aromatic hydroxyl groups is 1. The first kappa shape index (κ1) is 12.8. The minimum atomic E-state index is -0.374. The lowest BCUT2D eigenvalue weighted by Crippen LogP contribution is -2.02. The Morgan fingerprint density at radius 1 is 1.15 bits per heavy atom. The number of hydrogen-bond donors (Lipinski definition) is 1. The number of rotatable bonds is 3. The van der Waals surface area contributed by atoms with Crippen molar-refractivity contribution in [3.8, 4) is 5.06 Å². The van der Waals surface area contributed by atoms with Crippen LogP contribution in [0.15, 0.2) is 48.5 Å². The maximum absolute atomic E-state index is 13.2. The van der Waals surface area contributed by atoms with E-state index in [4.69, 9.17) is 0 Å². The second kappa shape index (κ2) is 5.06. The number of halogens is 1. The lowest BCUT2D eigenvalue weighted by molar-refractivity contribution is 0.0993. The van der Waals surface area contributed by atoms with Gasteiger partial charge in [-0.05, 0) is 23.8 Å². The Kier molecular flexibility index (Phi) is 3.24.